The number of carboxylic acid groups (broad SMARTS) is 1. The summed E-state index contributed by atoms with van der Waals surface area (Å²) >= 11 is 1.15. The molecule has 2 heterocycles. The fourth-order valence-electron chi connectivity index (χ4n) is 3.48. The van der Waals surface area contributed by atoms with E-state index in [0.717, 1.165) is 48.8 Å². The lowest BCUT2D eigenvalue weighted by atomic mass is 10.0. The first-order valence-corrected chi connectivity index (χ1v) is 11.5. The quantitative estimate of drug-likeness (QED) is 0.282. The number of hydrogen-bond acceptors (Lipinski definition) is 7. The smallest absolute Gasteiger partial charge is 0.310 e. The van der Waals surface area contributed by atoms with Crippen LogP contribution in [0.5, 0.6) is 5.88 Å². The summed E-state index contributed by atoms with van der Waals surface area (Å²) in [6, 6.07) is 0. The Balaban J connectivity index is 1.92. The Labute approximate surface area is 182 Å². The molecule has 8 nitrogen and oxygen atoms in total. The topological polar surface area (TPSA) is 98.6 Å². The molecular formula is C21H34N3O5S+. The molecule has 2 atom stereocenters. The van der Waals surface area contributed by atoms with Crippen molar-refractivity contribution in [2.75, 3.05) is 26.7 Å². The highest BCUT2D eigenvalue weighted by atomic mass is 32.1. The SMILES string of the molecule is CCCCCCOc1nsnc1C1=CCC[N+](C)([C@@H](C)OC(=O)CCCC(=O)O)C1. The molecule has 0 fully saturated rings. The Morgan fingerprint density at radius 3 is 2.77 bits per heavy atom. The highest BCUT2D eigenvalue weighted by Gasteiger charge is 2.36. The van der Waals surface area contributed by atoms with Crippen LogP contribution in [0.3, 0.4) is 0 Å². The molecule has 2 rings (SSSR count). The summed E-state index contributed by atoms with van der Waals surface area (Å²) in [7, 11) is 2.06. The first-order valence-electron chi connectivity index (χ1n) is 10.8. The largest absolute Gasteiger partial charge is 0.481 e. The molecule has 1 aliphatic heterocycles. The third kappa shape index (κ3) is 7.36. The molecule has 1 N–H and O–H groups in total. The number of carbonyl (C=O) groups excluding carboxylic acids is 1. The molecule has 1 unspecified atom stereocenters. The number of unbranched alkanes of at least 4 members (excludes halogenated alkanes) is 3. The molecule has 1 aromatic heterocycles. The molecule has 0 saturated carbocycles. The molecule has 0 saturated heterocycles. The molecule has 0 spiro atoms. The zero-order chi connectivity index (χ0) is 22.0. The lowest BCUT2D eigenvalue weighted by molar-refractivity contribution is -0.944. The van der Waals surface area contributed by atoms with Crippen LogP contribution in [-0.2, 0) is 14.3 Å². The maximum Gasteiger partial charge on any atom is 0.310 e. The highest BCUT2D eigenvalue weighted by molar-refractivity contribution is 6.99. The first-order chi connectivity index (χ1) is 14.4. The fraction of sp³-hybridized carbons (Fsp3) is 0.714. The van der Waals surface area contributed by atoms with Gasteiger partial charge in [-0.2, -0.15) is 4.37 Å². The summed E-state index contributed by atoms with van der Waals surface area (Å²) in [5.41, 5.74) is 1.86. The van der Waals surface area contributed by atoms with Gasteiger partial charge in [-0.25, -0.2) is 0 Å². The molecule has 0 aromatic carbocycles. The number of aliphatic carboxylic acids is 1. The molecule has 30 heavy (non-hydrogen) atoms. The number of nitrogens with zero attached hydrogens (tertiary/aromatic N) is 3. The Bertz CT molecular complexity index is 736. The average molecular weight is 441 g/mol. The van der Waals surface area contributed by atoms with Crippen LogP contribution in [-0.4, -0.2) is 63.2 Å². The number of hydrogen-bond donors (Lipinski definition) is 1. The fourth-order valence-corrected chi connectivity index (χ4v) is 4.01. The van der Waals surface area contributed by atoms with Crippen LogP contribution in [0.2, 0.25) is 0 Å². The van der Waals surface area contributed by atoms with Crippen molar-refractivity contribution >= 4 is 29.2 Å². The van der Waals surface area contributed by atoms with E-state index in [1.165, 1.54) is 12.8 Å². The molecular weight excluding hydrogens is 406 g/mol. The van der Waals surface area contributed by atoms with E-state index in [4.69, 9.17) is 14.6 Å². The van der Waals surface area contributed by atoms with Crippen molar-refractivity contribution in [2.24, 2.45) is 0 Å². The number of rotatable bonds is 13. The molecule has 9 heteroatoms. The summed E-state index contributed by atoms with van der Waals surface area (Å²) in [4.78, 5) is 22.7. The van der Waals surface area contributed by atoms with Crippen molar-refractivity contribution in [3.63, 3.8) is 0 Å². The summed E-state index contributed by atoms with van der Waals surface area (Å²) < 4.78 is 20.8. The van der Waals surface area contributed by atoms with Gasteiger partial charge in [0.25, 0.3) is 5.88 Å². The summed E-state index contributed by atoms with van der Waals surface area (Å²) in [6.07, 6.45) is 7.61. The van der Waals surface area contributed by atoms with Crippen LogP contribution in [0.15, 0.2) is 6.08 Å². The summed E-state index contributed by atoms with van der Waals surface area (Å²) in [6.45, 7) is 6.23. The van der Waals surface area contributed by atoms with E-state index in [2.05, 4.69) is 28.8 Å². The number of quaternary nitrogens is 1. The number of likely N-dealkylation sites (N-methyl/N-ethyl adjacent to an activating group) is 1. The normalized spacial score (nSPS) is 19.8. The van der Waals surface area contributed by atoms with Gasteiger partial charge < -0.3 is 14.6 Å². The van der Waals surface area contributed by atoms with Crippen LogP contribution in [0, 0.1) is 0 Å². The van der Waals surface area contributed by atoms with Crippen LogP contribution in [0.1, 0.15) is 70.9 Å². The zero-order valence-corrected chi connectivity index (χ0v) is 19.1. The van der Waals surface area contributed by atoms with Crippen molar-refractivity contribution in [1.29, 1.82) is 0 Å². The van der Waals surface area contributed by atoms with Crippen molar-refractivity contribution < 1.29 is 28.7 Å². The zero-order valence-electron chi connectivity index (χ0n) is 18.3. The van der Waals surface area contributed by atoms with E-state index in [1.807, 2.05) is 6.92 Å². The van der Waals surface area contributed by atoms with Crippen LogP contribution >= 0.6 is 11.7 Å². The second-order valence-electron chi connectivity index (χ2n) is 8.04. The van der Waals surface area contributed by atoms with E-state index in [0.29, 0.717) is 29.9 Å². The average Bonchev–Trinajstić information content (AvgIpc) is 3.16. The van der Waals surface area contributed by atoms with Crippen LogP contribution in [0.25, 0.3) is 5.57 Å². The predicted molar refractivity (Wildman–Crippen MR) is 115 cm³/mol. The molecule has 1 aromatic rings. The van der Waals surface area contributed by atoms with Gasteiger partial charge in [0.05, 0.1) is 31.9 Å². The van der Waals surface area contributed by atoms with Gasteiger partial charge in [-0.3, -0.25) is 14.1 Å². The maximum absolute atomic E-state index is 12.1. The molecule has 0 amide bonds. The van der Waals surface area contributed by atoms with E-state index in [1.54, 1.807) is 0 Å². The summed E-state index contributed by atoms with van der Waals surface area (Å²) in [5.74, 6) is -0.666. The van der Waals surface area contributed by atoms with Gasteiger partial charge in [-0.05, 0) is 12.8 Å². The minimum Gasteiger partial charge on any atom is -0.481 e. The Morgan fingerprint density at radius 2 is 2.03 bits per heavy atom. The number of ether oxygens (including phenoxy) is 2. The minimum absolute atomic E-state index is 0.0272. The van der Waals surface area contributed by atoms with Crippen molar-refractivity contribution in [2.45, 2.75) is 71.4 Å². The highest BCUT2D eigenvalue weighted by Crippen LogP contribution is 2.31. The Hall–Kier alpha value is -2.00. The van der Waals surface area contributed by atoms with Crippen molar-refractivity contribution in [3.05, 3.63) is 11.8 Å². The van der Waals surface area contributed by atoms with E-state index < -0.39 is 5.97 Å². The van der Waals surface area contributed by atoms with Crippen molar-refractivity contribution in [3.8, 4) is 5.88 Å². The van der Waals surface area contributed by atoms with Crippen LogP contribution in [0.4, 0.5) is 0 Å². The molecule has 1 aliphatic rings. The molecule has 0 aliphatic carbocycles. The van der Waals surface area contributed by atoms with Gasteiger partial charge >= 0.3 is 11.9 Å². The number of carboxylic acids is 1. The first kappa shape index (κ1) is 24.3. The lowest BCUT2D eigenvalue weighted by Gasteiger charge is -2.41. The number of esters is 1. The van der Waals surface area contributed by atoms with Gasteiger partial charge in [0.1, 0.15) is 12.2 Å². The second kappa shape index (κ2) is 12.0. The molecule has 0 radical (unpaired) electrons. The standard InChI is InChI=1S/C21H33N3O5S/c1-4-5-6-7-14-28-21-20(22-30-23-21)17-10-9-13-24(3,15-17)16(2)29-19(27)12-8-11-18(25)26/h10,16H,4-9,11-15H2,1-3H3/p+1/t16-,24?/m1/s1. The molecule has 0 bridgehead atoms. The number of aromatic nitrogens is 2. The number of carbonyl (C=O) groups is 2. The Kier molecular flexibility index (Phi) is 9.71. The monoisotopic (exact) mass is 440 g/mol. The van der Waals surface area contributed by atoms with Crippen molar-refractivity contribution in [1.82, 2.24) is 8.75 Å². The lowest BCUT2D eigenvalue weighted by Crippen LogP contribution is -2.55. The van der Waals surface area contributed by atoms with Crippen LogP contribution < -0.4 is 4.74 Å². The van der Waals surface area contributed by atoms with Gasteiger partial charge in [0.15, 0.2) is 0 Å². The van der Waals surface area contributed by atoms with E-state index >= 15 is 0 Å². The van der Waals surface area contributed by atoms with Gasteiger partial charge in [0.2, 0.25) is 6.23 Å². The van der Waals surface area contributed by atoms with Gasteiger partial charge in [-0.15, -0.1) is 4.37 Å². The van der Waals surface area contributed by atoms with Gasteiger partial charge in [-0.1, -0.05) is 32.3 Å². The minimum atomic E-state index is -0.902. The van der Waals surface area contributed by atoms with E-state index in [9.17, 15) is 9.59 Å². The Morgan fingerprint density at radius 1 is 1.23 bits per heavy atom. The second-order valence-corrected chi connectivity index (χ2v) is 8.57. The van der Waals surface area contributed by atoms with Gasteiger partial charge in [0, 0.05) is 31.8 Å². The maximum atomic E-state index is 12.1. The summed E-state index contributed by atoms with van der Waals surface area (Å²) in [5, 5.41) is 8.71. The predicted octanol–water partition coefficient (Wildman–Crippen LogP) is 3.88. The molecule has 168 valence electrons. The van der Waals surface area contributed by atoms with E-state index in [-0.39, 0.29) is 25.0 Å². The third-order valence-electron chi connectivity index (χ3n) is 5.51. The third-order valence-corrected chi connectivity index (χ3v) is 6.02.